The molecule has 116 valence electrons. The molecule has 1 rings (SSSR count). The molecule has 1 atom stereocenters. The fraction of sp³-hybridized carbons (Fsp3) is 0.571. The number of carboxylic acid groups (broad SMARTS) is 1. The van der Waals surface area contributed by atoms with Crippen molar-refractivity contribution in [1.82, 2.24) is 15.1 Å². The van der Waals surface area contributed by atoms with E-state index in [0.717, 1.165) is 12.8 Å². The number of amides is 1. The Bertz CT molecular complexity index is 553. The average molecular weight is 295 g/mol. The minimum absolute atomic E-state index is 0.0491. The lowest BCUT2D eigenvalue weighted by molar-refractivity contribution is -0.139. The molecule has 0 saturated heterocycles. The summed E-state index contributed by atoms with van der Waals surface area (Å²) in [4.78, 5) is 34.7. The Hall–Kier alpha value is -2.18. The topological polar surface area (TPSA) is 101 Å². The Morgan fingerprint density at radius 1 is 1.33 bits per heavy atom. The second-order valence-electron chi connectivity index (χ2n) is 4.79. The van der Waals surface area contributed by atoms with Gasteiger partial charge in [-0.2, -0.15) is 5.10 Å². The maximum absolute atomic E-state index is 12.0. The lowest BCUT2D eigenvalue weighted by Gasteiger charge is -2.13. The van der Waals surface area contributed by atoms with E-state index in [1.165, 1.54) is 16.8 Å². The molecule has 7 nitrogen and oxygen atoms in total. The number of aryl methyl sites for hydroxylation is 1. The lowest BCUT2D eigenvalue weighted by atomic mass is 10.1. The van der Waals surface area contributed by atoms with Crippen LogP contribution in [0.3, 0.4) is 0 Å². The third-order valence-corrected chi connectivity index (χ3v) is 3.00. The molecule has 1 heterocycles. The maximum atomic E-state index is 12.0. The molecule has 0 aliphatic carbocycles. The van der Waals surface area contributed by atoms with Crippen LogP contribution in [0.15, 0.2) is 16.9 Å². The van der Waals surface area contributed by atoms with Crippen LogP contribution in [-0.4, -0.2) is 32.8 Å². The smallest absolute Gasteiger partial charge is 0.326 e. The first kappa shape index (κ1) is 16.9. The molecule has 21 heavy (non-hydrogen) atoms. The first-order valence-electron chi connectivity index (χ1n) is 7.11. The van der Waals surface area contributed by atoms with Crippen molar-refractivity contribution >= 4 is 11.9 Å². The highest BCUT2D eigenvalue weighted by atomic mass is 16.4. The van der Waals surface area contributed by atoms with Crippen LogP contribution in [0.4, 0.5) is 0 Å². The molecule has 0 spiro atoms. The minimum atomic E-state index is -1.08. The van der Waals surface area contributed by atoms with Crippen molar-refractivity contribution < 1.29 is 14.7 Å². The number of carboxylic acids is 1. The van der Waals surface area contributed by atoms with Crippen LogP contribution in [0.1, 0.15) is 50.0 Å². The largest absolute Gasteiger partial charge is 0.480 e. The third kappa shape index (κ3) is 5.02. The van der Waals surface area contributed by atoms with Gasteiger partial charge in [-0.1, -0.05) is 26.7 Å². The summed E-state index contributed by atoms with van der Waals surface area (Å²) < 4.78 is 1.23. The molecular weight excluding hydrogens is 274 g/mol. The maximum Gasteiger partial charge on any atom is 0.326 e. The molecule has 0 saturated carbocycles. The van der Waals surface area contributed by atoms with Crippen LogP contribution in [0, 0.1) is 0 Å². The summed E-state index contributed by atoms with van der Waals surface area (Å²) in [5, 5.41) is 15.4. The van der Waals surface area contributed by atoms with Gasteiger partial charge >= 0.3 is 5.97 Å². The summed E-state index contributed by atoms with van der Waals surface area (Å²) in [5.74, 6) is -1.66. The standard InChI is InChI=1S/C14H21N3O4/c1-3-5-9-17-12(18)8-7-10(16-17)13(19)15-11(6-4-2)14(20)21/h7-8,11H,3-6,9H2,1-2H3,(H,15,19)(H,20,21)/t11-/m1/s1. The average Bonchev–Trinajstić information content (AvgIpc) is 2.45. The summed E-state index contributed by atoms with van der Waals surface area (Å²) >= 11 is 0. The molecule has 0 bridgehead atoms. The zero-order chi connectivity index (χ0) is 15.8. The first-order chi connectivity index (χ1) is 9.99. The van der Waals surface area contributed by atoms with Crippen LogP contribution in [-0.2, 0) is 11.3 Å². The van der Waals surface area contributed by atoms with Gasteiger partial charge in [0.1, 0.15) is 11.7 Å². The molecule has 0 unspecified atom stereocenters. The fourth-order valence-electron chi connectivity index (χ4n) is 1.82. The quantitative estimate of drug-likeness (QED) is 0.745. The SMILES string of the molecule is CCCCn1nc(C(=O)N[C@H](CCC)C(=O)O)ccc1=O. The highest BCUT2D eigenvalue weighted by molar-refractivity contribution is 5.94. The predicted octanol–water partition coefficient (Wildman–Crippen LogP) is 1.03. The summed E-state index contributed by atoms with van der Waals surface area (Å²) in [6, 6.07) is 1.64. The molecule has 0 aliphatic rings. The van der Waals surface area contributed by atoms with Gasteiger partial charge < -0.3 is 10.4 Å². The van der Waals surface area contributed by atoms with Gasteiger partial charge in [0.25, 0.3) is 11.5 Å². The zero-order valence-electron chi connectivity index (χ0n) is 12.3. The number of unbranched alkanes of at least 4 members (excludes halogenated alkanes) is 1. The number of carbonyl (C=O) groups excluding carboxylic acids is 1. The van der Waals surface area contributed by atoms with Gasteiger partial charge in [0.05, 0.1) is 0 Å². The summed E-state index contributed by atoms with van der Waals surface area (Å²) in [6.45, 7) is 4.27. The van der Waals surface area contributed by atoms with Gasteiger partial charge in [-0.25, -0.2) is 9.48 Å². The minimum Gasteiger partial charge on any atom is -0.480 e. The van der Waals surface area contributed by atoms with E-state index in [-0.39, 0.29) is 11.3 Å². The molecule has 0 aromatic carbocycles. The Kier molecular flexibility index (Phi) is 6.58. The number of carbonyl (C=O) groups is 2. The van der Waals surface area contributed by atoms with Crippen LogP contribution >= 0.6 is 0 Å². The van der Waals surface area contributed by atoms with Gasteiger partial charge in [0.2, 0.25) is 0 Å². The van der Waals surface area contributed by atoms with E-state index in [0.29, 0.717) is 19.4 Å². The second kappa shape index (κ2) is 8.18. The molecule has 0 aliphatic heterocycles. The van der Waals surface area contributed by atoms with Gasteiger partial charge in [-0.3, -0.25) is 9.59 Å². The number of aliphatic carboxylic acids is 1. The van der Waals surface area contributed by atoms with Crippen molar-refractivity contribution in [3.63, 3.8) is 0 Å². The van der Waals surface area contributed by atoms with Crippen molar-refractivity contribution in [2.24, 2.45) is 0 Å². The van der Waals surface area contributed by atoms with E-state index in [1.807, 2.05) is 13.8 Å². The monoisotopic (exact) mass is 295 g/mol. The molecule has 1 amide bonds. The van der Waals surface area contributed by atoms with E-state index in [2.05, 4.69) is 10.4 Å². The number of nitrogens with one attached hydrogen (secondary N) is 1. The normalized spacial score (nSPS) is 11.9. The van der Waals surface area contributed by atoms with Crippen molar-refractivity contribution in [3.8, 4) is 0 Å². The van der Waals surface area contributed by atoms with Crippen molar-refractivity contribution in [3.05, 3.63) is 28.2 Å². The zero-order valence-corrected chi connectivity index (χ0v) is 12.3. The van der Waals surface area contributed by atoms with Gasteiger partial charge in [0, 0.05) is 12.6 Å². The predicted molar refractivity (Wildman–Crippen MR) is 77.2 cm³/mol. The van der Waals surface area contributed by atoms with Gasteiger partial charge in [-0.15, -0.1) is 0 Å². The molecule has 1 aromatic rings. The van der Waals surface area contributed by atoms with Crippen LogP contribution < -0.4 is 10.9 Å². The number of hydrogen-bond acceptors (Lipinski definition) is 4. The summed E-state index contributed by atoms with van der Waals surface area (Å²) in [6.07, 6.45) is 2.67. The Balaban J connectivity index is 2.86. The highest BCUT2D eigenvalue weighted by Crippen LogP contribution is 2.00. The Morgan fingerprint density at radius 3 is 2.62 bits per heavy atom. The summed E-state index contributed by atoms with van der Waals surface area (Å²) in [5.41, 5.74) is -0.226. The number of nitrogens with zero attached hydrogens (tertiary/aromatic N) is 2. The van der Waals surface area contributed by atoms with Gasteiger partial charge in [0.15, 0.2) is 0 Å². The third-order valence-electron chi connectivity index (χ3n) is 3.00. The van der Waals surface area contributed by atoms with Gasteiger partial charge in [-0.05, 0) is 18.9 Å². The number of aromatic nitrogens is 2. The van der Waals surface area contributed by atoms with Crippen molar-refractivity contribution in [2.45, 2.75) is 52.1 Å². The van der Waals surface area contributed by atoms with E-state index in [4.69, 9.17) is 5.11 Å². The molecular formula is C14H21N3O4. The van der Waals surface area contributed by atoms with Crippen LogP contribution in [0.2, 0.25) is 0 Å². The second-order valence-corrected chi connectivity index (χ2v) is 4.79. The number of hydrogen-bond donors (Lipinski definition) is 2. The lowest BCUT2D eigenvalue weighted by Crippen LogP contribution is -2.41. The van der Waals surface area contributed by atoms with E-state index in [1.54, 1.807) is 0 Å². The Labute approximate surface area is 123 Å². The molecule has 7 heteroatoms. The van der Waals surface area contributed by atoms with Crippen molar-refractivity contribution in [2.75, 3.05) is 0 Å². The molecule has 0 radical (unpaired) electrons. The van der Waals surface area contributed by atoms with Crippen LogP contribution in [0.5, 0.6) is 0 Å². The molecule has 1 aromatic heterocycles. The van der Waals surface area contributed by atoms with Crippen molar-refractivity contribution in [1.29, 1.82) is 0 Å². The van der Waals surface area contributed by atoms with E-state index in [9.17, 15) is 14.4 Å². The molecule has 0 fully saturated rings. The highest BCUT2D eigenvalue weighted by Gasteiger charge is 2.20. The number of rotatable bonds is 8. The van der Waals surface area contributed by atoms with E-state index < -0.39 is 17.9 Å². The summed E-state index contributed by atoms with van der Waals surface area (Å²) in [7, 11) is 0. The molecule has 2 N–H and O–H groups in total. The Morgan fingerprint density at radius 2 is 2.05 bits per heavy atom. The first-order valence-corrected chi connectivity index (χ1v) is 7.11. The fourth-order valence-corrected chi connectivity index (χ4v) is 1.82. The van der Waals surface area contributed by atoms with Crippen LogP contribution in [0.25, 0.3) is 0 Å². The van der Waals surface area contributed by atoms with E-state index >= 15 is 0 Å².